The minimum atomic E-state index is 0.00743. The van der Waals surface area contributed by atoms with Crippen LogP contribution in [0.5, 0.6) is 0 Å². The van der Waals surface area contributed by atoms with Gasteiger partial charge in [0.1, 0.15) is 5.76 Å². The first-order valence-corrected chi connectivity index (χ1v) is 9.53. The second kappa shape index (κ2) is 8.49. The van der Waals surface area contributed by atoms with Gasteiger partial charge in [-0.15, -0.1) is 0 Å². The fourth-order valence-corrected chi connectivity index (χ4v) is 3.64. The Kier molecular flexibility index (Phi) is 6.08. The molecule has 0 bridgehead atoms. The molecule has 142 valence electrons. The van der Waals surface area contributed by atoms with E-state index in [9.17, 15) is 4.79 Å². The van der Waals surface area contributed by atoms with Crippen LogP contribution >= 0.6 is 0 Å². The Morgan fingerprint density at radius 2 is 2.27 bits per heavy atom. The van der Waals surface area contributed by atoms with Crippen LogP contribution in [0.15, 0.2) is 16.8 Å². The molecule has 7 heteroatoms. The zero-order valence-electron chi connectivity index (χ0n) is 16.0. The Hall–Kier alpha value is -2.15. The van der Waals surface area contributed by atoms with Crippen LogP contribution in [0.1, 0.15) is 66.2 Å². The van der Waals surface area contributed by atoms with Crippen molar-refractivity contribution in [2.45, 2.75) is 51.5 Å². The molecule has 1 amide bonds. The molecule has 1 fully saturated rings. The number of H-pyrrole nitrogens is 1. The van der Waals surface area contributed by atoms with Crippen molar-refractivity contribution in [1.82, 2.24) is 25.2 Å². The van der Waals surface area contributed by atoms with E-state index in [2.05, 4.69) is 33.2 Å². The van der Waals surface area contributed by atoms with Gasteiger partial charge in [-0.2, -0.15) is 5.10 Å². The number of aromatic amines is 1. The third-order valence-corrected chi connectivity index (χ3v) is 5.09. The summed E-state index contributed by atoms with van der Waals surface area (Å²) in [5.41, 5.74) is 2.66. The van der Waals surface area contributed by atoms with Crippen molar-refractivity contribution in [2.75, 3.05) is 27.2 Å². The van der Waals surface area contributed by atoms with Crippen LogP contribution in [0, 0.1) is 0 Å². The molecular weight excluding hydrogens is 330 g/mol. The Labute approximate surface area is 154 Å². The summed E-state index contributed by atoms with van der Waals surface area (Å²) in [4.78, 5) is 16.5. The molecule has 0 aliphatic carbocycles. The van der Waals surface area contributed by atoms with Gasteiger partial charge in [0.2, 0.25) is 0 Å². The summed E-state index contributed by atoms with van der Waals surface area (Å²) in [5.74, 6) is 0.966. The molecule has 2 aromatic heterocycles. The second-order valence-corrected chi connectivity index (χ2v) is 7.19. The van der Waals surface area contributed by atoms with E-state index in [0.29, 0.717) is 5.56 Å². The number of hydrogen-bond donors (Lipinski definition) is 1. The molecule has 1 aliphatic rings. The van der Waals surface area contributed by atoms with Crippen molar-refractivity contribution in [1.29, 1.82) is 0 Å². The van der Waals surface area contributed by atoms with Gasteiger partial charge < -0.3 is 9.42 Å². The number of likely N-dealkylation sites (tertiary alicyclic amines) is 1. The van der Waals surface area contributed by atoms with Crippen LogP contribution in [-0.2, 0) is 12.8 Å². The van der Waals surface area contributed by atoms with Crippen LogP contribution in [0.25, 0.3) is 0 Å². The Balaban J connectivity index is 1.65. The molecule has 0 radical (unpaired) electrons. The number of amides is 1. The van der Waals surface area contributed by atoms with Gasteiger partial charge >= 0.3 is 0 Å². The maximum absolute atomic E-state index is 12.4. The van der Waals surface area contributed by atoms with Gasteiger partial charge in [0.25, 0.3) is 5.91 Å². The molecule has 1 unspecified atom stereocenters. The summed E-state index contributed by atoms with van der Waals surface area (Å²) in [5, 5.41) is 11.3. The average molecular weight is 359 g/mol. The van der Waals surface area contributed by atoms with Crippen molar-refractivity contribution < 1.29 is 9.32 Å². The molecule has 0 aromatic carbocycles. The minimum Gasteiger partial charge on any atom is -0.361 e. The van der Waals surface area contributed by atoms with Crippen LogP contribution < -0.4 is 0 Å². The largest absolute Gasteiger partial charge is 0.361 e. The molecule has 26 heavy (non-hydrogen) atoms. The lowest BCUT2D eigenvalue weighted by Crippen LogP contribution is -2.36. The van der Waals surface area contributed by atoms with Gasteiger partial charge in [0.15, 0.2) is 0 Å². The van der Waals surface area contributed by atoms with E-state index in [1.54, 1.807) is 25.2 Å². The van der Waals surface area contributed by atoms with E-state index in [4.69, 9.17) is 4.52 Å². The second-order valence-electron chi connectivity index (χ2n) is 7.19. The van der Waals surface area contributed by atoms with E-state index < -0.39 is 0 Å². The fraction of sp³-hybridized carbons (Fsp3) is 0.632. The fourth-order valence-electron chi connectivity index (χ4n) is 3.64. The number of hydrogen-bond acceptors (Lipinski definition) is 5. The smallest absolute Gasteiger partial charge is 0.256 e. The predicted molar refractivity (Wildman–Crippen MR) is 99.0 cm³/mol. The first-order chi connectivity index (χ1) is 12.6. The summed E-state index contributed by atoms with van der Waals surface area (Å²) >= 11 is 0. The SMILES string of the molecule is CCc1cc(CCCN2CCCCC2c2[nH]ncc2C(=O)N(C)C)on1. The van der Waals surface area contributed by atoms with Gasteiger partial charge in [0.05, 0.1) is 29.2 Å². The molecule has 0 spiro atoms. The maximum Gasteiger partial charge on any atom is 0.256 e. The highest BCUT2D eigenvalue weighted by atomic mass is 16.5. The van der Waals surface area contributed by atoms with E-state index in [0.717, 1.165) is 55.9 Å². The number of piperidine rings is 1. The van der Waals surface area contributed by atoms with Gasteiger partial charge in [-0.05, 0) is 38.8 Å². The number of aromatic nitrogens is 3. The highest BCUT2D eigenvalue weighted by Gasteiger charge is 2.29. The highest BCUT2D eigenvalue weighted by Crippen LogP contribution is 2.32. The highest BCUT2D eigenvalue weighted by molar-refractivity contribution is 5.94. The van der Waals surface area contributed by atoms with Gasteiger partial charge in [-0.3, -0.25) is 14.8 Å². The molecule has 1 atom stereocenters. The zero-order valence-corrected chi connectivity index (χ0v) is 16.0. The van der Waals surface area contributed by atoms with Gasteiger partial charge in [-0.25, -0.2) is 0 Å². The van der Waals surface area contributed by atoms with E-state index in [1.165, 1.54) is 12.8 Å². The first kappa shape index (κ1) is 18.6. The number of rotatable bonds is 7. The molecule has 2 aromatic rings. The summed E-state index contributed by atoms with van der Waals surface area (Å²) in [6.45, 7) is 4.11. The van der Waals surface area contributed by atoms with E-state index in [-0.39, 0.29) is 11.9 Å². The van der Waals surface area contributed by atoms with Gasteiger partial charge in [-0.1, -0.05) is 18.5 Å². The number of carbonyl (C=O) groups excluding carboxylic acids is 1. The van der Waals surface area contributed by atoms with Crippen LogP contribution in [0.4, 0.5) is 0 Å². The normalized spacial score (nSPS) is 18.2. The minimum absolute atomic E-state index is 0.00743. The Morgan fingerprint density at radius 3 is 3.00 bits per heavy atom. The number of nitrogens with one attached hydrogen (secondary N) is 1. The standard InChI is InChI=1S/C19H29N5O2/c1-4-14-12-15(26-22-14)8-7-11-24-10-6-5-9-17(24)18-16(13-20-21-18)19(25)23(2)3/h12-13,17H,4-11H2,1-3H3,(H,20,21). The van der Waals surface area contributed by atoms with Gasteiger partial charge in [0, 0.05) is 26.6 Å². The van der Waals surface area contributed by atoms with Crippen molar-refractivity contribution >= 4 is 5.91 Å². The quantitative estimate of drug-likeness (QED) is 0.822. The summed E-state index contributed by atoms with van der Waals surface area (Å²) in [6, 6.07) is 2.28. The number of nitrogens with zero attached hydrogens (tertiary/aromatic N) is 4. The Morgan fingerprint density at radius 1 is 1.42 bits per heavy atom. The lowest BCUT2D eigenvalue weighted by Gasteiger charge is -2.35. The molecule has 3 heterocycles. The third kappa shape index (κ3) is 4.15. The molecule has 1 aliphatic heterocycles. The summed E-state index contributed by atoms with van der Waals surface area (Å²) in [6.07, 6.45) is 7.90. The predicted octanol–water partition coefficient (Wildman–Crippen LogP) is 2.82. The van der Waals surface area contributed by atoms with Crippen LogP contribution in [0.2, 0.25) is 0 Å². The van der Waals surface area contributed by atoms with Crippen molar-refractivity contribution in [3.8, 4) is 0 Å². The molecule has 0 saturated carbocycles. The van der Waals surface area contributed by atoms with Crippen LogP contribution in [0.3, 0.4) is 0 Å². The first-order valence-electron chi connectivity index (χ1n) is 9.53. The maximum atomic E-state index is 12.4. The van der Waals surface area contributed by atoms with Crippen LogP contribution in [-0.4, -0.2) is 58.2 Å². The molecular formula is C19H29N5O2. The zero-order chi connectivity index (χ0) is 18.5. The van der Waals surface area contributed by atoms with E-state index >= 15 is 0 Å². The average Bonchev–Trinajstić information content (AvgIpc) is 3.30. The summed E-state index contributed by atoms with van der Waals surface area (Å²) in [7, 11) is 3.55. The summed E-state index contributed by atoms with van der Waals surface area (Å²) < 4.78 is 5.39. The van der Waals surface area contributed by atoms with Crippen molar-refractivity contribution in [3.05, 3.63) is 35.0 Å². The lowest BCUT2D eigenvalue weighted by molar-refractivity contribution is 0.0819. The van der Waals surface area contributed by atoms with Crippen molar-refractivity contribution in [3.63, 3.8) is 0 Å². The number of aryl methyl sites for hydroxylation is 2. The van der Waals surface area contributed by atoms with Crippen molar-refractivity contribution in [2.24, 2.45) is 0 Å². The van der Waals surface area contributed by atoms with E-state index in [1.807, 2.05) is 0 Å². The molecule has 7 nitrogen and oxygen atoms in total. The topological polar surface area (TPSA) is 78.3 Å². The number of carbonyl (C=O) groups is 1. The lowest BCUT2D eigenvalue weighted by atomic mass is 9.96. The molecule has 1 saturated heterocycles. The molecule has 1 N–H and O–H groups in total. The molecule has 3 rings (SSSR count). The third-order valence-electron chi connectivity index (χ3n) is 5.09. The monoisotopic (exact) mass is 359 g/mol. The Bertz CT molecular complexity index is 721.